The molecule has 1 atom stereocenters. The molecule has 7 nitrogen and oxygen atoms in total. The average molecular weight is 537 g/mol. The number of rotatable bonds is 6. The predicted molar refractivity (Wildman–Crippen MR) is 130 cm³/mol. The third kappa shape index (κ3) is 4.37. The highest BCUT2D eigenvalue weighted by molar-refractivity contribution is 7.88. The van der Waals surface area contributed by atoms with Gasteiger partial charge in [0.1, 0.15) is 11.5 Å². The second-order valence-electron chi connectivity index (χ2n) is 7.86. The lowest BCUT2D eigenvalue weighted by molar-refractivity contribution is -0.129. The van der Waals surface area contributed by atoms with Gasteiger partial charge in [-0.2, -0.15) is 21.6 Å². The number of methoxy groups -OCH3 is 1. The number of amides is 1. The molecule has 3 aromatic carbocycles. The highest BCUT2D eigenvalue weighted by Gasteiger charge is 2.51. The van der Waals surface area contributed by atoms with Crippen LogP contribution in [0.5, 0.6) is 11.5 Å². The summed E-state index contributed by atoms with van der Waals surface area (Å²) in [4.78, 5) is 14.8. The fraction of sp³-hybridized carbons (Fsp3) is 0.167. The molecule has 36 heavy (non-hydrogen) atoms. The molecule has 1 amide bonds. The minimum Gasteiger partial charge on any atom is -0.497 e. The predicted octanol–water partition coefficient (Wildman–Crippen LogP) is 4.18. The number of benzene rings is 3. The fourth-order valence-electron chi connectivity index (χ4n) is 3.87. The Bertz CT molecular complexity index is 1440. The zero-order valence-corrected chi connectivity index (χ0v) is 20.5. The second kappa shape index (κ2) is 9.10. The summed E-state index contributed by atoms with van der Waals surface area (Å²) in [5, 5.41) is 3.18. The van der Waals surface area contributed by atoms with Crippen LogP contribution in [0.2, 0.25) is 0 Å². The molecule has 0 spiro atoms. The monoisotopic (exact) mass is 536 g/mol. The van der Waals surface area contributed by atoms with Crippen LogP contribution >= 0.6 is 12.2 Å². The Morgan fingerprint density at radius 3 is 2.08 bits per heavy atom. The molecule has 1 heterocycles. The van der Waals surface area contributed by atoms with E-state index in [1.807, 2.05) is 24.3 Å². The van der Waals surface area contributed by atoms with Crippen LogP contribution in [-0.2, 0) is 20.5 Å². The van der Waals surface area contributed by atoms with E-state index in [0.717, 1.165) is 23.3 Å². The van der Waals surface area contributed by atoms with Crippen LogP contribution in [0.25, 0.3) is 11.1 Å². The molecule has 0 saturated carbocycles. The van der Waals surface area contributed by atoms with E-state index in [4.69, 9.17) is 17.0 Å². The number of nitrogens with zero attached hydrogens (tertiary/aromatic N) is 1. The Labute approximate surface area is 210 Å². The molecule has 12 heteroatoms. The summed E-state index contributed by atoms with van der Waals surface area (Å²) < 4.78 is 70.3. The Kier molecular flexibility index (Phi) is 6.43. The quantitative estimate of drug-likeness (QED) is 0.288. The number of ether oxygens (including phenoxy) is 1. The van der Waals surface area contributed by atoms with Gasteiger partial charge < -0.3 is 14.2 Å². The number of hydrogen-bond acceptors (Lipinski definition) is 6. The molecule has 1 aliphatic heterocycles. The van der Waals surface area contributed by atoms with E-state index in [-0.39, 0.29) is 5.11 Å². The minimum absolute atomic E-state index is 0.145. The van der Waals surface area contributed by atoms with E-state index in [9.17, 15) is 26.4 Å². The maximum absolute atomic E-state index is 13.5. The van der Waals surface area contributed by atoms with E-state index < -0.39 is 32.8 Å². The van der Waals surface area contributed by atoms with Gasteiger partial charge in [-0.15, -0.1) is 0 Å². The number of likely N-dealkylation sites (N-methyl/N-ethyl adjacent to an activating group) is 1. The van der Waals surface area contributed by atoms with Crippen molar-refractivity contribution in [2.45, 2.75) is 11.0 Å². The zero-order valence-electron chi connectivity index (χ0n) is 18.9. The van der Waals surface area contributed by atoms with Gasteiger partial charge in [0.25, 0.3) is 5.91 Å². The summed E-state index contributed by atoms with van der Waals surface area (Å²) in [5.74, 6) is -0.336. The summed E-state index contributed by atoms with van der Waals surface area (Å²) in [5.41, 5.74) is -4.66. The lowest BCUT2D eigenvalue weighted by atomic mass is 9.81. The first-order valence-corrected chi connectivity index (χ1v) is 12.2. The highest BCUT2D eigenvalue weighted by atomic mass is 32.2. The average Bonchev–Trinajstić information content (AvgIpc) is 3.08. The van der Waals surface area contributed by atoms with Crippen molar-refractivity contribution in [1.82, 2.24) is 10.2 Å². The molecule has 1 saturated heterocycles. The van der Waals surface area contributed by atoms with Crippen LogP contribution in [-0.4, -0.2) is 44.0 Å². The summed E-state index contributed by atoms with van der Waals surface area (Å²) >= 11 is 5.31. The second-order valence-corrected chi connectivity index (χ2v) is 9.79. The minimum atomic E-state index is -5.84. The van der Waals surface area contributed by atoms with Gasteiger partial charge in [-0.3, -0.25) is 9.69 Å². The number of carbonyl (C=O) groups excluding carboxylic acids is 1. The van der Waals surface area contributed by atoms with Crippen molar-refractivity contribution in [3.05, 3.63) is 83.9 Å². The largest absolute Gasteiger partial charge is 0.534 e. The summed E-state index contributed by atoms with van der Waals surface area (Å²) in [6.45, 7) is 0. The van der Waals surface area contributed by atoms with Crippen molar-refractivity contribution in [2.24, 2.45) is 0 Å². The summed E-state index contributed by atoms with van der Waals surface area (Å²) in [7, 11) is -2.79. The van der Waals surface area contributed by atoms with Gasteiger partial charge in [-0.25, -0.2) is 0 Å². The van der Waals surface area contributed by atoms with Crippen LogP contribution in [0.1, 0.15) is 11.1 Å². The lowest BCUT2D eigenvalue weighted by Gasteiger charge is -2.29. The van der Waals surface area contributed by atoms with Crippen LogP contribution in [0, 0.1) is 0 Å². The molecule has 0 bridgehead atoms. The van der Waals surface area contributed by atoms with Crippen LogP contribution in [0.3, 0.4) is 0 Å². The Hall–Kier alpha value is -3.64. The van der Waals surface area contributed by atoms with Crippen molar-refractivity contribution in [3.8, 4) is 22.6 Å². The van der Waals surface area contributed by atoms with Gasteiger partial charge in [0.05, 0.1) is 7.11 Å². The molecule has 3 aromatic rings. The lowest BCUT2D eigenvalue weighted by Crippen LogP contribution is -2.45. The van der Waals surface area contributed by atoms with Gasteiger partial charge in [0, 0.05) is 7.05 Å². The molecule has 0 aromatic heterocycles. The van der Waals surface area contributed by atoms with E-state index in [1.165, 1.54) is 24.1 Å². The molecule has 188 valence electrons. The Morgan fingerprint density at radius 1 is 0.917 bits per heavy atom. The maximum Gasteiger partial charge on any atom is 0.534 e. The standard InChI is InChI=1S/C24H19F3N2O5S2/c1-29-21(30)23(28-22(29)35,17-9-11-19(12-10-17)34-36(31,32)24(25,26)27)18-7-3-5-15(13-18)16-6-4-8-20(14-16)33-2/h3-14H,1-2H3,(H,28,35). The van der Waals surface area contributed by atoms with E-state index >= 15 is 0 Å². The number of carbonyl (C=O) groups is 1. The van der Waals surface area contributed by atoms with Gasteiger partial charge in [-0.05, 0) is 64.8 Å². The van der Waals surface area contributed by atoms with Gasteiger partial charge in [-0.1, -0.05) is 42.5 Å². The van der Waals surface area contributed by atoms with Crippen molar-refractivity contribution in [3.63, 3.8) is 0 Å². The number of thiocarbonyl (C=S) groups is 1. The van der Waals surface area contributed by atoms with Crippen molar-refractivity contribution >= 4 is 33.4 Å². The molecule has 1 unspecified atom stereocenters. The SMILES string of the molecule is COc1cccc(-c2cccc(C3(c4ccc(OS(=O)(=O)C(F)(F)F)cc4)NC(=S)N(C)C3=O)c2)c1. The van der Waals surface area contributed by atoms with Gasteiger partial charge >= 0.3 is 15.6 Å². The highest BCUT2D eigenvalue weighted by Crippen LogP contribution is 2.38. The van der Waals surface area contributed by atoms with Crippen LogP contribution in [0.15, 0.2) is 72.8 Å². The van der Waals surface area contributed by atoms with Crippen molar-refractivity contribution < 1.29 is 35.3 Å². The molecular weight excluding hydrogens is 517 g/mol. The maximum atomic E-state index is 13.5. The van der Waals surface area contributed by atoms with Gasteiger partial charge in [0.2, 0.25) is 0 Å². The number of halogens is 3. The van der Waals surface area contributed by atoms with Crippen LogP contribution < -0.4 is 14.2 Å². The molecule has 0 aliphatic carbocycles. The third-order valence-corrected chi connectivity index (χ3v) is 7.05. The number of nitrogens with one attached hydrogen (secondary N) is 1. The van der Waals surface area contributed by atoms with Crippen LogP contribution in [0.4, 0.5) is 13.2 Å². The fourth-order valence-corrected chi connectivity index (χ4v) is 4.56. The van der Waals surface area contributed by atoms with E-state index in [0.29, 0.717) is 16.9 Å². The first-order chi connectivity index (χ1) is 16.9. The third-order valence-electron chi connectivity index (χ3n) is 5.70. The number of hydrogen-bond donors (Lipinski definition) is 1. The summed E-state index contributed by atoms with van der Waals surface area (Å²) in [6.07, 6.45) is 0. The first-order valence-electron chi connectivity index (χ1n) is 10.4. The Balaban J connectivity index is 1.80. The van der Waals surface area contributed by atoms with Crippen molar-refractivity contribution in [2.75, 3.05) is 14.2 Å². The first kappa shape index (κ1) is 25.5. The molecule has 4 rings (SSSR count). The molecule has 1 N–H and O–H groups in total. The summed E-state index contributed by atoms with van der Waals surface area (Å²) in [6, 6.07) is 19.2. The topological polar surface area (TPSA) is 84.9 Å². The molecule has 1 fully saturated rings. The normalized spacial score (nSPS) is 18.2. The molecule has 0 radical (unpaired) electrons. The molecular formula is C24H19F3N2O5S2. The van der Waals surface area contributed by atoms with Crippen molar-refractivity contribution in [1.29, 1.82) is 0 Å². The van der Waals surface area contributed by atoms with E-state index in [1.54, 1.807) is 31.4 Å². The zero-order chi connectivity index (χ0) is 26.3. The van der Waals surface area contributed by atoms with E-state index in [2.05, 4.69) is 9.50 Å². The van der Waals surface area contributed by atoms with Gasteiger partial charge in [0.15, 0.2) is 10.7 Å². The number of alkyl halides is 3. The Morgan fingerprint density at radius 2 is 1.53 bits per heavy atom. The smallest absolute Gasteiger partial charge is 0.497 e. The molecule has 1 aliphatic rings.